The van der Waals surface area contributed by atoms with Crippen LogP contribution in [0.2, 0.25) is 0 Å². The quantitative estimate of drug-likeness (QED) is 0.274. The van der Waals surface area contributed by atoms with Crippen molar-refractivity contribution in [2.24, 2.45) is 0 Å². The van der Waals surface area contributed by atoms with Gasteiger partial charge in [0.15, 0.2) is 0 Å². The predicted molar refractivity (Wildman–Crippen MR) is 160 cm³/mol. The van der Waals surface area contributed by atoms with Crippen molar-refractivity contribution in [1.29, 1.82) is 0 Å². The number of aryl methyl sites for hydroxylation is 2. The number of ether oxygens (including phenoxy) is 1. The highest BCUT2D eigenvalue weighted by molar-refractivity contribution is 5.98. The van der Waals surface area contributed by atoms with Crippen molar-refractivity contribution >= 4 is 11.4 Å². The minimum absolute atomic E-state index is 0.0523. The SMILES string of the molecule is COc1cc(C)[nH]c(=O)c1CNC(=O)c1cc2c(-c3cnc(C)nc3)ccn2c(C(C)N2CCN(C(F)C(F)F)CC2)c1C. The van der Waals surface area contributed by atoms with Crippen molar-refractivity contribution < 1.29 is 22.7 Å². The van der Waals surface area contributed by atoms with Crippen LogP contribution in [0.25, 0.3) is 16.6 Å². The summed E-state index contributed by atoms with van der Waals surface area (Å²) in [4.78, 5) is 41.1. The Morgan fingerprint density at radius 2 is 1.73 bits per heavy atom. The van der Waals surface area contributed by atoms with E-state index in [1.54, 1.807) is 38.4 Å². The summed E-state index contributed by atoms with van der Waals surface area (Å²) < 4.78 is 47.4. The van der Waals surface area contributed by atoms with E-state index in [1.807, 2.05) is 30.5 Å². The van der Waals surface area contributed by atoms with Gasteiger partial charge in [-0.15, -0.1) is 0 Å². The molecule has 1 saturated heterocycles. The largest absolute Gasteiger partial charge is 0.496 e. The average molecular weight is 612 g/mol. The lowest BCUT2D eigenvalue weighted by Gasteiger charge is -2.39. The van der Waals surface area contributed by atoms with Crippen molar-refractivity contribution in [3.8, 4) is 16.9 Å². The summed E-state index contributed by atoms with van der Waals surface area (Å²) in [5.41, 5.74) is 4.90. The number of carbonyl (C=O) groups is 1. The first-order valence-corrected chi connectivity index (χ1v) is 14.4. The van der Waals surface area contributed by atoms with Crippen molar-refractivity contribution in [1.82, 2.24) is 34.5 Å². The van der Waals surface area contributed by atoms with E-state index in [0.717, 1.165) is 27.2 Å². The number of aromatic amines is 1. The number of hydrogen-bond donors (Lipinski definition) is 2. The third-order valence-electron chi connectivity index (χ3n) is 8.32. The van der Waals surface area contributed by atoms with Crippen LogP contribution in [0.1, 0.15) is 51.7 Å². The van der Waals surface area contributed by atoms with Crippen LogP contribution in [0.4, 0.5) is 13.2 Å². The minimum Gasteiger partial charge on any atom is -0.496 e. The van der Waals surface area contributed by atoms with Gasteiger partial charge >= 0.3 is 0 Å². The molecule has 0 bridgehead atoms. The van der Waals surface area contributed by atoms with E-state index in [9.17, 15) is 22.8 Å². The fourth-order valence-corrected chi connectivity index (χ4v) is 5.90. The number of alkyl halides is 3. The number of H-pyrrole nitrogens is 1. The van der Waals surface area contributed by atoms with Crippen LogP contribution in [-0.4, -0.2) is 81.1 Å². The molecule has 5 rings (SSSR count). The molecule has 1 aliphatic heterocycles. The Labute approximate surface area is 252 Å². The highest BCUT2D eigenvalue weighted by Gasteiger charge is 2.33. The maximum atomic E-state index is 14.0. The van der Waals surface area contributed by atoms with Gasteiger partial charge in [-0.2, -0.15) is 0 Å². The summed E-state index contributed by atoms with van der Waals surface area (Å²) in [6.45, 7) is 8.41. The first-order chi connectivity index (χ1) is 21.0. The third-order valence-corrected chi connectivity index (χ3v) is 8.32. The van der Waals surface area contributed by atoms with E-state index in [2.05, 4.69) is 25.2 Å². The summed E-state index contributed by atoms with van der Waals surface area (Å²) in [6, 6.07) is 5.20. The summed E-state index contributed by atoms with van der Waals surface area (Å²) in [6.07, 6.45) is 0.0242. The standard InChI is InChI=1S/C31H36F3N7O3/c1-17-12-26(44-5)24(31(43)38-17)16-37-30(42)23-13-25-22(21-14-35-20(4)36-15-21)6-7-41(25)27(18(23)2)19(3)39-8-10-40(11-9-39)29(34)28(32)33/h6-7,12-15,19,28-29H,8-11,16H2,1-5H3,(H,37,42)(H,38,43). The number of rotatable bonds is 9. The second-order valence-electron chi connectivity index (χ2n) is 11.0. The number of nitrogens with one attached hydrogen (secondary N) is 2. The molecule has 0 aromatic carbocycles. The molecule has 0 saturated carbocycles. The van der Waals surface area contributed by atoms with Crippen LogP contribution in [0, 0.1) is 20.8 Å². The summed E-state index contributed by atoms with van der Waals surface area (Å²) in [5, 5.41) is 2.88. The van der Waals surface area contributed by atoms with Crippen LogP contribution in [0.15, 0.2) is 41.6 Å². The van der Waals surface area contributed by atoms with Gasteiger partial charge < -0.3 is 19.4 Å². The molecule has 2 N–H and O–H groups in total. The average Bonchev–Trinajstić information content (AvgIpc) is 3.42. The number of methoxy groups -OCH3 is 1. The lowest BCUT2D eigenvalue weighted by atomic mass is 9.99. The molecule has 1 aliphatic rings. The van der Waals surface area contributed by atoms with Crippen LogP contribution < -0.4 is 15.6 Å². The second kappa shape index (κ2) is 12.8. The zero-order chi connectivity index (χ0) is 31.7. The number of hydrogen-bond acceptors (Lipinski definition) is 7. The highest BCUT2D eigenvalue weighted by atomic mass is 19.3. The predicted octanol–water partition coefficient (Wildman–Crippen LogP) is 4.19. The number of halogens is 3. The molecule has 13 heteroatoms. The summed E-state index contributed by atoms with van der Waals surface area (Å²) in [7, 11) is 1.47. The molecule has 1 fully saturated rings. The van der Waals surface area contributed by atoms with Gasteiger partial charge in [0, 0.05) is 78.9 Å². The van der Waals surface area contributed by atoms with Crippen molar-refractivity contribution in [3.63, 3.8) is 0 Å². The van der Waals surface area contributed by atoms with Gasteiger partial charge in [-0.3, -0.25) is 19.4 Å². The van der Waals surface area contributed by atoms with Gasteiger partial charge in [0.2, 0.25) is 6.30 Å². The summed E-state index contributed by atoms with van der Waals surface area (Å²) in [5.74, 6) is 0.628. The Bertz CT molecular complexity index is 1710. The van der Waals surface area contributed by atoms with E-state index < -0.39 is 12.7 Å². The van der Waals surface area contributed by atoms with Crippen molar-refractivity contribution in [2.75, 3.05) is 33.3 Å². The number of fused-ring (bicyclic) bond motifs is 1. The Morgan fingerprint density at radius 1 is 1.07 bits per heavy atom. The van der Waals surface area contributed by atoms with Gasteiger partial charge in [-0.05, 0) is 51.5 Å². The number of carbonyl (C=O) groups excluding carboxylic acids is 1. The second-order valence-corrected chi connectivity index (χ2v) is 11.0. The maximum absolute atomic E-state index is 14.0. The van der Waals surface area contributed by atoms with E-state index in [4.69, 9.17) is 4.74 Å². The lowest BCUT2D eigenvalue weighted by Crippen LogP contribution is -2.51. The zero-order valence-corrected chi connectivity index (χ0v) is 25.3. The maximum Gasteiger partial charge on any atom is 0.282 e. The molecule has 4 aromatic rings. The first-order valence-electron chi connectivity index (χ1n) is 14.4. The molecular weight excluding hydrogens is 575 g/mol. The van der Waals surface area contributed by atoms with Crippen LogP contribution in [0.5, 0.6) is 5.75 Å². The molecule has 5 heterocycles. The minimum atomic E-state index is -3.06. The zero-order valence-electron chi connectivity index (χ0n) is 25.3. The van der Waals surface area contributed by atoms with E-state index in [1.165, 1.54) is 7.11 Å². The first kappa shape index (κ1) is 31.2. The number of nitrogens with zero attached hydrogens (tertiary/aromatic N) is 5. The van der Waals surface area contributed by atoms with Gasteiger partial charge in [0.1, 0.15) is 11.6 Å². The third kappa shape index (κ3) is 6.06. The topological polar surface area (TPSA) is 108 Å². The Balaban J connectivity index is 1.53. The number of pyridine rings is 2. The number of piperazine rings is 1. The molecular formula is C31H36F3N7O3. The molecule has 44 heavy (non-hydrogen) atoms. The van der Waals surface area contributed by atoms with Crippen molar-refractivity contribution in [2.45, 2.75) is 53.0 Å². The lowest BCUT2D eigenvalue weighted by molar-refractivity contribution is -0.0688. The molecule has 4 aromatic heterocycles. The number of amides is 1. The molecule has 234 valence electrons. The monoisotopic (exact) mass is 611 g/mol. The van der Waals surface area contributed by atoms with E-state index in [0.29, 0.717) is 47.0 Å². The van der Waals surface area contributed by atoms with Crippen LogP contribution in [0.3, 0.4) is 0 Å². The van der Waals surface area contributed by atoms with Crippen LogP contribution >= 0.6 is 0 Å². The van der Waals surface area contributed by atoms with E-state index >= 15 is 0 Å². The smallest absolute Gasteiger partial charge is 0.282 e. The Kier molecular flexibility index (Phi) is 9.07. The molecule has 2 unspecified atom stereocenters. The molecule has 0 spiro atoms. The highest BCUT2D eigenvalue weighted by Crippen LogP contribution is 2.34. The fraction of sp³-hybridized carbons (Fsp3) is 0.419. The molecule has 0 aliphatic carbocycles. The molecule has 10 nitrogen and oxygen atoms in total. The van der Waals surface area contributed by atoms with Gasteiger partial charge in [-0.1, -0.05) is 0 Å². The van der Waals surface area contributed by atoms with E-state index in [-0.39, 0.29) is 37.1 Å². The molecule has 0 radical (unpaired) electrons. The number of aromatic nitrogens is 4. The Hall–Kier alpha value is -4.23. The molecule has 1 amide bonds. The van der Waals surface area contributed by atoms with Gasteiger partial charge in [0.25, 0.3) is 17.9 Å². The summed E-state index contributed by atoms with van der Waals surface area (Å²) >= 11 is 0. The normalized spacial score (nSPS) is 15.9. The fourth-order valence-electron chi connectivity index (χ4n) is 5.90. The van der Waals surface area contributed by atoms with Crippen LogP contribution in [-0.2, 0) is 6.54 Å². The molecule has 2 atom stereocenters. The van der Waals surface area contributed by atoms with Crippen molar-refractivity contribution in [3.05, 3.63) is 81.0 Å². The van der Waals surface area contributed by atoms with Gasteiger partial charge in [-0.25, -0.2) is 23.1 Å². The van der Waals surface area contributed by atoms with Gasteiger partial charge in [0.05, 0.1) is 24.7 Å². The Morgan fingerprint density at radius 3 is 2.36 bits per heavy atom.